The monoisotopic (exact) mass is 189 g/mol. The molecular weight excluding hydrogens is 174 g/mol. The van der Waals surface area contributed by atoms with E-state index in [1.807, 2.05) is 0 Å². The van der Waals surface area contributed by atoms with Crippen LogP contribution in [0.25, 0.3) is 0 Å². The predicted molar refractivity (Wildman–Crippen MR) is 50.0 cm³/mol. The van der Waals surface area contributed by atoms with Crippen molar-refractivity contribution in [1.82, 2.24) is 5.32 Å². The molecule has 0 aromatic rings. The lowest BCUT2D eigenvalue weighted by Gasteiger charge is -2.14. The third-order valence-electron chi connectivity index (χ3n) is 1.90. The lowest BCUT2D eigenvalue weighted by atomic mass is 10.2. The summed E-state index contributed by atoms with van der Waals surface area (Å²) >= 11 is 1.79. The van der Waals surface area contributed by atoms with E-state index in [4.69, 9.17) is 0 Å². The van der Waals surface area contributed by atoms with Crippen LogP contribution in [0.1, 0.15) is 13.8 Å². The van der Waals surface area contributed by atoms with E-state index in [0.29, 0.717) is 11.3 Å². The van der Waals surface area contributed by atoms with Crippen molar-refractivity contribution in [3.05, 3.63) is 0 Å². The average molecular weight is 189 g/mol. The van der Waals surface area contributed by atoms with E-state index in [2.05, 4.69) is 23.9 Å². The number of hydrogen-bond acceptors (Lipinski definition) is 4. The van der Waals surface area contributed by atoms with Crippen LogP contribution in [0.4, 0.5) is 0 Å². The Balaban J connectivity index is 2.40. The third-order valence-corrected chi connectivity index (χ3v) is 3.46. The van der Waals surface area contributed by atoms with E-state index < -0.39 is 0 Å². The highest BCUT2D eigenvalue weighted by atomic mass is 32.2. The van der Waals surface area contributed by atoms with Crippen molar-refractivity contribution >= 4 is 17.7 Å². The van der Waals surface area contributed by atoms with Crippen LogP contribution in [0.15, 0.2) is 0 Å². The van der Waals surface area contributed by atoms with Gasteiger partial charge in [0, 0.05) is 5.75 Å². The highest BCUT2D eigenvalue weighted by Crippen LogP contribution is 2.24. The first kappa shape index (κ1) is 9.86. The van der Waals surface area contributed by atoms with Crippen LogP contribution < -0.4 is 5.32 Å². The summed E-state index contributed by atoms with van der Waals surface area (Å²) in [5.74, 6) is 1.24. The van der Waals surface area contributed by atoms with E-state index in [1.54, 1.807) is 11.8 Å². The largest absolute Gasteiger partial charge is 0.468 e. The normalized spacial score (nSPS) is 29.3. The Labute approximate surface area is 77.2 Å². The lowest BCUT2D eigenvalue weighted by molar-refractivity contribution is -0.142. The Morgan fingerprint density at radius 1 is 1.67 bits per heavy atom. The van der Waals surface area contributed by atoms with Crippen LogP contribution in [0, 0.1) is 5.92 Å². The second kappa shape index (κ2) is 4.14. The van der Waals surface area contributed by atoms with E-state index in [0.717, 1.165) is 5.75 Å². The summed E-state index contributed by atoms with van der Waals surface area (Å²) in [6.45, 7) is 4.29. The number of thioether (sulfide) groups is 1. The molecule has 1 heterocycles. The summed E-state index contributed by atoms with van der Waals surface area (Å²) in [5.41, 5.74) is 0. The zero-order valence-corrected chi connectivity index (χ0v) is 8.48. The van der Waals surface area contributed by atoms with Crippen LogP contribution in [-0.4, -0.2) is 30.2 Å². The Morgan fingerprint density at radius 3 is 2.75 bits per heavy atom. The second-order valence-electron chi connectivity index (χ2n) is 3.24. The molecule has 1 N–H and O–H groups in total. The summed E-state index contributed by atoms with van der Waals surface area (Å²) in [7, 11) is 1.43. The van der Waals surface area contributed by atoms with Crippen molar-refractivity contribution in [2.24, 2.45) is 5.92 Å². The van der Waals surface area contributed by atoms with Gasteiger partial charge in [0.15, 0.2) is 0 Å². The van der Waals surface area contributed by atoms with Gasteiger partial charge >= 0.3 is 5.97 Å². The fourth-order valence-corrected chi connectivity index (χ4v) is 2.44. The van der Waals surface area contributed by atoms with Crippen LogP contribution in [0.5, 0.6) is 0 Å². The number of ether oxygens (including phenoxy) is 1. The lowest BCUT2D eigenvalue weighted by Crippen LogP contribution is -2.39. The molecule has 0 aliphatic carbocycles. The van der Waals surface area contributed by atoms with Crippen LogP contribution >= 0.6 is 11.8 Å². The zero-order valence-electron chi connectivity index (χ0n) is 7.66. The first-order valence-electron chi connectivity index (χ1n) is 4.10. The fraction of sp³-hybridized carbons (Fsp3) is 0.875. The molecule has 1 fully saturated rings. The fourth-order valence-electron chi connectivity index (χ4n) is 1.16. The SMILES string of the molecule is COC(=O)[C@H]1CS[C@H](C(C)C)N1. The van der Waals surface area contributed by atoms with Gasteiger partial charge in [-0.3, -0.25) is 10.1 Å². The van der Waals surface area contributed by atoms with Crippen molar-refractivity contribution in [2.45, 2.75) is 25.3 Å². The number of nitrogens with one attached hydrogen (secondary N) is 1. The summed E-state index contributed by atoms with van der Waals surface area (Å²) < 4.78 is 4.65. The molecular formula is C8H15NO2S. The van der Waals surface area contributed by atoms with Gasteiger partial charge in [-0.25, -0.2) is 0 Å². The molecule has 12 heavy (non-hydrogen) atoms. The van der Waals surface area contributed by atoms with Gasteiger partial charge in [0.2, 0.25) is 0 Å². The third kappa shape index (κ3) is 2.14. The molecule has 0 unspecified atom stereocenters. The Hall–Kier alpha value is -0.220. The molecule has 0 aromatic carbocycles. The number of esters is 1. The molecule has 0 radical (unpaired) electrons. The van der Waals surface area contributed by atoms with Crippen molar-refractivity contribution in [2.75, 3.05) is 12.9 Å². The summed E-state index contributed by atoms with van der Waals surface area (Å²) in [4.78, 5) is 11.1. The number of rotatable bonds is 2. The topological polar surface area (TPSA) is 38.3 Å². The van der Waals surface area contributed by atoms with Gasteiger partial charge in [-0.15, -0.1) is 11.8 Å². The van der Waals surface area contributed by atoms with Crippen molar-refractivity contribution in [1.29, 1.82) is 0 Å². The molecule has 4 heteroatoms. The molecule has 0 saturated carbocycles. The van der Waals surface area contributed by atoms with Gasteiger partial charge in [0.25, 0.3) is 0 Å². The second-order valence-corrected chi connectivity index (χ2v) is 4.41. The minimum atomic E-state index is -0.148. The minimum absolute atomic E-state index is 0.104. The molecule has 0 aromatic heterocycles. The molecule has 0 spiro atoms. The molecule has 0 amide bonds. The van der Waals surface area contributed by atoms with E-state index in [9.17, 15) is 4.79 Å². The van der Waals surface area contributed by atoms with E-state index in [1.165, 1.54) is 7.11 Å². The van der Waals surface area contributed by atoms with Crippen LogP contribution in [0.2, 0.25) is 0 Å². The van der Waals surface area contributed by atoms with Gasteiger partial charge in [0.05, 0.1) is 12.5 Å². The first-order valence-corrected chi connectivity index (χ1v) is 5.15. The van der Waals surface area contributed by atoms with Gasteiger partial charge < -0.3 is 4.74 Å². The maximum atomic E-state index is 11.1. The van der Waals surface area contributed by atoms with Crippen LogP contribution in [-0.2, 0) is 9.53 Å². The highest BCUT2D eigenvalue weighted by molar-refractivity contribution is 8.00. The number of carbonyl (C=O) groups excluding carboxylic acids is 1. The quantitative estimate of drug-likeness (QED) is 0.653. The summed E-state index contributed by atoms with van der Waals surface area (Å²) in [5, 5.41) is 3.63. The standard InChI is InChI=1S/C8H15NO2S/c1-5(2)7-9-6(4-12-7)8(10)11-3/h5-7,9H,4H2,1-3H3/t6-,7-/m1/s1. The van der Waals surface area contributed by atoms with E-state index >= 15 is 0 Å². The summed E-state index contributed by atoms with van der Waals surface area (Å²) in [6, 6.07) is -0.104. The molecule has 3 nitrogen and oxygen atoms in total. The molecule has 1 aliphatic rings. The highest BCUT2D eigenvalue weighted by Gasteiger charge is 2.31. The maximum absolute atomic E-state index is 11.1. The van der Waals surface area contributed by atoms with Gasteiger partial charge in [0.1, 0.15) is 6.04 Å². The zero-order chi connectivity index (χ0) is 9.14. The van der Waals surface area contributed by atoms with Crippen LogP contribution in [0.3, 0.4) is 0 Å². The smallest absolute Gasteiger partial charge is 0.323 e. The Kier molecular flexibility index (Phi) is 3.40. The maximum Gasteiger partial charge on any atom is 0.323 e. The summed E-state index contributed by atoms with van der Waals surface area (Å²) in [6.07, 6.45) is 0. The van der Waals surface area contributed by atoms with Crippen molar-refractivity contribution < 1.29 is 9.53 Å². The average Bonchev–Trinajstić information content (AvgIpc) is 2.51. The molecule has 1 aliphatic heterocycles. The van der Waals surface area contributed by atoms with E-state index in [-0.39, 0.29) is 12.0 Å². The predicted octanol–water partition coefficient (Wildman–Crippen LogP) is 0.846. The molecule has 2 atom stereocenters. The number of carbonyl (C=O) groups is 1. The molecule has 1 rings (SSSR count). The molecule has 70 valence electrons. The van der Waals surface area contributed by atoms with Gasteiger partial charge in [-0.05, 0) is 5.92 Å². The molecule has 1 saturated heterocycles. The Morgan fingerprint density at radius 2 is 2.33 bits per heavy atom. The Bertz CT molecular complexity index is 172. The minimum Gasteiger partial charge on any atom is -0.468 e. The van der Waals surface area contributed by atoms with Crippen molar-refractivity contribution in [3.8, 4) is 0 Å². The number of methoxy groups -OCH3 is 1. The number of hydrogen-bond donors (Lipinski definition) is 1. The van der Waals surface area contributed by atoms with Gasteiger partial charge in [-0.2, -0.15) is 0 Å². The molecule has 0 bridgehead atoms. The van der Waals surface area contributed by atoms with Gasteiger partial charge in [-0.1, -0.05) is 13.8 Å². The van der Waals surface area contributed by atoms with Crippen molar-refractivity contribution in [3.63, 3.8) is 0 Å². The first-order chi connectivity index (χ1) is 5.65.